The Morgan fingerprint density at radius 1 is 1.25 bits per heavy atom. The average Bonchev–Trinajstić information content (AvgIpc) is 2.42. The molecule has 2 amide bonds. The quantitative estimate of drug-likeness (QED) is 0.848. The van der Waals surface area contributed by atoms with Crippen LogP contribution in [0.1, 0.15) is 37.6 Å². The molecular formula is C15H21ClN2O2. The first-order chi connectivity index (χ1) is 9.47. The molecule has 0 fully saturated rings. The van der Waals surface area contributed by atoms with Crippen molar-refractivity contribution in [2.75, 3.05) is 6.54 Å². The second-order valence-electron chi connectivity index (χ2n) is 4.97. The Labute approximate surface area is 124 Å². The smallest absolute Gasteiger partial charge is 0.253 e. The zero-order valence-corrected chi connectivity index (χ0v) is 12.8. The topological polar surface area (TPSA) is 58.2 Å². The van der Waals surface area contributed by atoms with Crippen molar-refractivity contribution in [3.05, 3.63) is 34.9 Å². The highest BCUT2D eigenvalue weighted by Gasteiger charge is 2.24. The fourth-order valence-corrected chi connectivity index (χ4v) is 1.98. The molecule has 0 aliphatic rings. The molecule has 0 radical (unpaired) electrons. The number of amides is 2. The number of hydrogen-bond donors (Lipinski definition) is 2. The summed E-state index contributed by atoms with van der Waals surface area (Å²) in [5, 5.41) is 5.92. The molecule has 0 heterocycles. The van der Waals surface area contributed by atoms with E-state index < -0.39 is 6.04 Å². The number of carbonyl (C=O) groups is 2. The van der Waals surface area contributed by atoms with Gasteiger partial charge in [-0.05, 0) is 24.5 Å². The first-order valence-corrected chi connectivity index (χ1v) is 7.18. The zero-order chi connectivity index (χ0) is 15.1. The van der Waals surface area contributed by atoms with Gasteiger partial charge in [0, 0.05) is 6.54 Å². The minimum absolute atomic E-state index is 0.00158. The molecule has 0 saturated heterocycles. The van der Waals surface area contributed by atoms with Crippen LogP contribution in [0.25, 0.3) is 0 Å². The van der Waals surface area contributed by atoms with Crippen molar-refractivity contribution in [1.29, 1.82) is 0 Å². The van der Waals surface area contributed by atoms with Crippen molar-refractivity contribution in [3.63, 3.8) is 0 Å². The molecule has 4 nitrogen and oxygen atoms in total. The maximum absolute atomic E-state index is 12.2. The van der Waals surface area contributed by atoms with Gasteiger partial charge in [-0.15, -0.1) is 0 Å². The van der Waals surface area contributed by atoms with Gasteiger partial charge in [-0.1, -0.05) is 44.5 Å². The lowest BCUT2D eigenvalue weighted by Crippen LogP contribution is -2.49. The van der Waals surface area contributed by atoms with E-state index in [0.29, 0.717) is 17.1 Å². The van der Waals surface area contributed by atoms with Gasteiger partial charge in [0.25, 0.3) is 5.91 Å². The standard InChI is InChI=1S/C15H21ClN2O2/c1-4-9-17-15(20)13(10(2)3)18-14(19)11-7-5-6-8-12(11)16/h5-8,10,13H,4,9H2,1-3H3,(H,17,20)(H,18,19)/t13-/m0/s1. The van der Waals surface area contributed by atoms with Crippen LogP contribution < -0.4 is 10.6 Å². The van der Waals surface area contributed by atoms with E-state index in [1.54, 1.807) is 24.3 Å². The fraction of sp³-hybridized carbons (Fsp3) is 0.467. The van der Waals surface area contributed by atoms with Crippen LogP contribution >= 0.6 is 11.6 Å². The normalized spacial score (nSPS) is 12.1. The molecule has 0 aliphatic heterocycles. The summed E-state index contributed by atoms with van der Waals surface area (Å²) < 4.78 is 0. The van der Waals surface area contributed by atoms with E-state index >= 15 is 0 Å². The minimum atomic E-state index is -0.565. The highest BCUT2D eigenvalue weighted by molar-refractivity contribution is 6.33. The van der Waals surface area contributed by atoms with Crippen LogP contribution in [-0.4, -0.2) is 24.4 Å². The third kappa shape index (κ3) is 4.53. The van der Waals surface area contributed by atoms with Crippen molar-refractivity contribution < 1.29 is 9.59 Å². The Balaban J connectivity index is 2.78. The van der Waals surface area contributed by atoms with Gasteiger partial charge < -0.3 is 10.6 Å². The van der Waals surface area contributed by atoms with Gasteiger partial charge in [0.05, 0.1) is 10.6 Å². The molecule has 0 spiro atoms. The summed E-state index contributed by atoms with van der Waals surface area (Å²) in [6, 6.07) is 6.22. The van der Waals surface area contributed by atoms with Gasteiger partial charge in [-0.2, -0.15) is 0 Å². The van der Waals surface area contributed by atoms with E-state index in [2.05, 4.69) is 10.6 Å². The van der Waals surface area contributed by atoms with Crippen LogP contribution in [-0.2, 0) is 4.79 Å². The molecule has 2 N–H and O–H groups in total. The van der Waals surface area contributed by atoms with Crippen LogP contribution in [0.2, 0.25) is 5.02 Å². The molecule has 1 rings (SSSR count). The van der Waals surface area contributed by atoms with Crippen LogP contribution in [0.15, 0.2) is 24.3 Å². The van der Waals surface area contributed by atoms with Gasteiger partial charge in [0.2, 0.25) is 5.91 Å². The summed E-state index contributed by atoms with van der Waals surface area (Å²) >= 11 is 5.98. The van der Waals surface area contributed by atoms with Crippen LogP contribution in [0.5, 0.6) is 0 Å². The van der Waals surface area contributed by atoms with Gasteiger partial charge >= 0.3 is 0 Å². The molecule has 20 heavy (non-hydrogen) atoms. The first kappa shape index (κ1) is 16.5. The zero-order valence-electron chi connectivity index (χ0n) is 12.1. The second kappa shape index (κ2) is 7.90. The molecule has 5 heteroatoms. The first-order valence-electron chi connectivity index (χ1n) is 6.80. The number of hydrogen-bond acceptors (Lipinski definition) is 2. The average molecular weight is 297 g/mol. The highest BCUT2D eigenvalue weighted by Crippen LogP contribution is 2.15. The molecule has 0 bridgehead atoms. The Morgan fingerprint density at radius 3 is 2.45 bits per heavy atom. The second-order valence-corrected chi connectivity index (χ2v) is 5.37. The van der Waals surface area contributed by atoms with E-state index in [1.807, 2.05) is 20.8 Å². The number of halogens is 1. The van der Waals surface area contributed by atoms with Crippen molar-refractivity contribution in [3.8, 4) is 0 Å². The number of carbonyl (C=O) groups excluding carboxylic acids is 2. The Hall–Kier alpha value is -1.55. The molecule has 1 atom stereocenters. The fourth-order valence-electron chi connectivity index (χ4n) is 1.76. The largest absolute Gasteiger partial charge is 0.354 e. The predicted molar refractivity (Wildman–Crippen MR) is 80.8 cm³/mol. The van der Waals surface area contributed by atoms with Crippen molar-refractivity contribution in [2.45, 2.75) is 33.2 Å². The summed E-state index contributed by atoms with van der Waals surface area (Å²) in [5.74, 6) is -0.499. The Morgan fingerprint density at radius 2 is 1.90 bits per heavy atom. The van der Waals surface area contributed by atoms with Crippen molar-refractivity contribution in [2.24, 2.45) is 5.92 Å². The SMILES string of the molecule is CCCNC(=O)[C@@H](NC(=O)c1ccccc1Cl)C(C)C. The molecule has 0 saturated carbocycles. The summed E-state index contributed by atoms with van der Waals surface area (Å²) in [7, 11) is 0. The van der Waals surface area contributed by atoms with E-state index in [4.69, 9.17) is 11.6 Å². The molecule has 0 unspecified atom stereocenters. The van der Waals surface area contributed by atoms with Gasteiger partial charge in [-0.3, -0.25) is 9.59 Å². The summed E-state index contributed by atoms with van der Waals surface area (Å²) in [5.41, 5.74) is 0.378. The highest BCUT2D eigenvalue weighted by atomic mass is 35.5. The maximum Gasteiger partial charge on any atom is 0.253 e. The molecule has 1 aromatic rings. The van der Waals surface area contributed by atoms with Gasteiger partial charge in [0.15, 0.2) is 0 Å². The molecular weight excluding hydrogens is 276 g/mol. The lowest BCUT2D eigenvalue weighted by molar-refractivity contribution is -0.123. The molecule has 1 aromatic carbocycles. The van der Waals surface area contributed by atoms with E-state index in [9.17, 15) is 9.59 Å². The van der Waals surface area contributed by atoms with Crippen LogP contribution in [0, 0.1) is 5.92 Å². The third-order valence-electron chi connectivity index (χ3n) is 2.90. The van der Waals surface area contributed by atoms with Crippen molar-refractivity contribution in [1.82, 2.24) is 10.6 Å². The van der Waals surface area contributed by atoms with Crippen LogP contribution in [0.3, 0.4) is 0 Å². The summed E-state index contributed by atoms with van der Waals surface area (Å²) in [6.45, 7) is 6.36. The number of nitrogens with one attached hydrogen (secondary N) is 2. The molecule has 110 valence electrons. The van der Waals surface area contributed by atoms with Gasteiger partial charge in [-0.25, -0.2) is 0 Å². The minimum Gasteiger partial charge on any atom is -0.354 e. The summed E-state index contributed by atoms with van der Waals surface area (Å²) in [4.78, 5) is 24.2. The van der Waals surface area contributed by atoms with Crippen LogP contribution in [0.4, 0.5) is 0 Å². The van der Waals surface area contributed by atoms with Crippen molar-refractivity contribution >= 4 is 23.4 Å². The molecule has 0 aliphatic carbocycles. The Kier molecular flexibility index (Phi) is 6.52. The molecule has 0 aromatic heterocycles. The van der Waals surface area contributed by atoms with Gasteiger partial charge in [0.1, 0.15) is 6.04 Å². The van der Waals surface area contributed by atoms with E-state index in [0.717, 1.165) is 6.42 Å². The maximum atomic E-state index is 12.2. The Bertz CT molecular complexity index is 475. The van der Waals surface area contributed by atoms with E-state index in [-0.39, 0.29) is 17.7 Å². The number of benzene rings is 1. The summed E-state index contributed by atoms with van der Waals surface area (Å²) in [6.07, 6.45) is 0.856. The third-order valence-corrected chi connectivity index (χ3v) is 3.23. The number of rotatable bonds is 6. The lowest BCUT2D eigenvalue weighted by atomic mass is 10.0. The predicted octanol–water partition coefficient (Wildman–Crippen LogP) is 2.62. The monoisotopic (exact) mass is 296 g/mol. The van der Waals surface area contributed by atoms with E-state index in [1.165, 1.54) is 0 Å². The lowest BCUT2D eigenvalue weighted by Gasteiger charge is -2.21.